The Kier molecular flexibility index (Phi) is 4.35. The van der Waals surface area contributed by atoms with Crippen molar-refractivity contribution in [1.29, 1.82) is 0 Å². The third kappa shape index (κ3) is 2.91. The van der Waals surface area contributed by atoms with Gasteiger partial charge in [0.05, 0.1) is 25.3 Å². The van der Waals surface area contributed by atoms with Crippen molar-refractivity contribution < 1.29 is 14.3 Å². The molecule has 0 fully saturated rings. The fraction of sp³-hybridized carbons (Fsp3) is 0.263. The molecule has 0 spiro atoms. The molecule has 1 amide bonds. The summed E-state index contributed by atoms with van der Waals surface area (Å²) in [4.78, 5) is 18.9. The maximum absolute atomic E-state index is 12.9. The molecule has 0 aliphatic rings. The van der Waals surface area contributed by atoms with Crippen LogP contribution in [0, 0.1) is 6.92 Å². The topological polar surface area (TPSA) is 56.6 Å². The van der Waals surface area contributed by atoms with E-state index in [1.807, 2.05) is 42.8 Å². The van der Waals surface area contributed by atoms with Crippen molar-refractivity contribution in [2.75, 3.05) is 26.2 Å². The highest BCUT2D eigenvalue weighted by Crippen LogP contribution is 2.31. The zero-order valence-electron chi connectivity index (χ0n) is 15.0. The molecule has 0 bridgehead atoms. The van der Waals surface area contributed by atoms with Crippen LogP contribution in [-0.4, -0.2) is 36.7 Å². The van der Waals surface area contributed by atoms with Crippen molar-refractivity contribution in [2.24, 2.45) is 7.05 Å². The molecular weight excluding hydrogens is 318 g/mol. The van der Waals surface area contributed by atoms with Crippen molar-refractivity contribution in [2.45, 2.75) is 6.92 Å². The maximum atomic E-state index is 12.9. The molecule has 6 heteroatoms. The number of fused-ring (bicyclic) bond motifs is 1. The Labute approximate surface area is 146 Å². The second-order valence-electron chi connectivity index (χ2n) is 5.82. The van der Waals surface area contributed by atoms with Gasteiger partial charge in [0.25, 0.3) is 5.91 Å². The molecule has 3 rings (SSSR count). The average molecular weight is 339 g/mol. The number of aromatic nitrogens is 2. The van der Waals surface area contributed by atoms with Gasteiger partial charge in [0.15, 0.2) is 11.5 Å². The Morgan fingerprint density at radius 3 is 2.48 bits per heavy atom. The summed E-state index contributed by atoms with van der Waals surface area (Å²) in [7, 11) is 6.84. The minimum atomic E-state index is -0.113. The number of hydrogen-bond acceptors (Lipinski definition) is 4. The van der Waals surface area contributed by atoms with Crippen LogP contribution in [0.15, 0.2) is 36.4 Å². The van der Waals surface area contributed by atoms with Gasteiger partial charge in [-0.1, -0.05) is 0 Å². The fourth-order valence-corrected chi connectivity index (χ4v) is 2.80. The summed E-state index contributed by atoms with van der Waals surface area (Å²) in [6, 6.07) is 10.9. The molecule has 1 aromatic heterocycles. The van der Waals surface area contributed by atoms with Crippen LogP contribution in [-0.2, 0) is 7.05 Å². The van der Waals surface area contributed by atoms with Gasteiger partial charge in [-0.05, 0) is 37.3 Å². The molecule has 25 heavy (non-hydrogen) atoms. The van der Waals surface area contributed by atoms with Crippen LogP contribution in [0.25, 0.3) is 11.0 Å². The lowest BCUT2D eigenvalue weighted by Gasteiger charge is -2.19. The molecule has 0 saturated carbocycles. The largest absolute Gasteiger partial charge is 0.493 e. The Balaban J connectivity index is 1.94. The van der Waals surface area contributed by atoms with Crippen LogP contribution in [0.4, 0.5) is 5.69 Å². The lowest BCUT2D eigenvalue weighted by atomic mass is 10.1. The standard InChI is InChI=1S/C19H21N3O3/c1-12-20-15-10-13(6-8-16(15)21(12)2)19(23)22(3)14-7-9-17(24-4)18(11-14)25-5/h6-11H,1-5H3. The zero-order chi connectivity index (χ0) is 18.1. The minimum Gasteiger partial charge on any atom is -0.493 e. The first-order valence-electron chi connectivity index (χ1n) is 7.89. The molecule has 0 unspecified atom stereocenters. The summed E-state index contributed by atoms with van der Waals surface area (Å²) in [6.07, 6.45) is 0. The highest BCUT2D eigenvalue weighted by Gasteiger charge is 2.17. The molecule has 0 atom stereocenters. The number of benzene rings is 2. The van der Waals surface area contributed by atoms with Crippen molar-refractivity contribution in [3.8, 4) is 11.5 Å². The molecule has 6 nitrogen and oxygen atoms in total. The third-order valence-corrected chi connectivity index (χ3v) is 4.41. The Hall–Kier alpha value is -3.02. The first-order chi connectivity index (χ1) is 12.0. The summed E-state index contributed by atoms with van der Waals surface area (Å²) in [5, 5.41) is 0. The second-order valence-corrected chi connectivity index (χ2v) is 5.82. The Morgan fingerprint density at radius 2 is 1.80 bits per heavy atom. The number of anilines is 1. The van der Waals surface area contributed by atoms with Gasteiger partial charge in [-0.3, -0.25) is 4.79 Å². The van der Waals surface area contributed by atoms with E-state index in [0.29, 0.717) is 17.1 Å². The number of methoxy groups -OCH3 is 2. The van der Waals surface area contributed by atoms with Crippen molar-refractivity contribution in [3.63, 3.8) is 0 Å². The number of aryl methyl sites for hydroxylation is 2. The molecule has 3 aromatic rings. The second kappa shape index (κ2) is 6.47. The zero-order valence-corrected chi connectivity index (χ0v) is 15.0. The minimum absolute atomic E-state index is 0.113. The molecule has 0 saturated heterocycles. The van der Waals surface area contributed by atoms with E-state index in [1.54, 1.807) is 38.3 Å². The predicted octanol–water partition coefficient (Wildman–Crippen LogP) is 3.18. The number of ether oxygens (including phenoxy) is 2. The van der Waals surface area contributed by atoms with E-state index >= 15 is 0 Å². The van der Waals surface area contributed by atoms with Crippen LogP contribution in [0.3, 0.4) is 0 Å². The van der Waals surface area contributed by atoms with E-state index in [-0.39, 0.29) is 5.91 Å². The summed E-state index contributed by atoms with van der Waals surface area (Å²) in [6.45, 7) is 1.94. The highest BCUT2D eigenvalue weighted by molar-refractivity contribution is 6.07. The highest BCUT2D eigenvalue weighted by atomic mass is 16.5. The molecule has 2 aromatic carbocycles. The van der Waals surface area contributed by atoms with Gasteiger partial charge in [0.2, 0.25) is 0 Å². The Bertz CT molecular complexity index is 946. The number of carbonyl (C=O) groups is 1. The van der Waals surface area contributed by atoms with E-state index in [1.165, 1.54) is 0 Å². The average Bonchev–Trinajstić information content (AvgIpc) is 2.93. The number of rotatable bonds is 4. The molecule has 0 radical (unpaired) electrons. The van der Waals surface area contributed by atoms with Crippen LogP contribution < -0.4 is 14.4 Å². The molecular formula is C19H21N3O3. The SMILES string of the molecule is COc1ccc(N(C)C(=O)c2ccc3c(c2)nc(C)n3C)cc1OC. The van der Waals surface area contributed by atoms with Crippen molar-refractivity contribution in [1.82, 2.24) is 9.55 Å². The molecule has 1 heterocycles. The van der Waals surface area contributed by atoms with Gasteiger partial charge in [0, 0.05) is 31.4 Å². The lowest BCUT2D eigenvalue weighted by molar-refractivity contribution is 0.0993. The van der Waals surface area contributed by atoms with Gasteiger partial charge in [-0.15, -0.1) is 0 Å². The first kappa shape index (κ1) is 16.8. The van der Waals surface area contributed by atoms with Crippen LogP contribution in [0.5, 0.6) is 11.5 Å². The third-order valence-electron chi connectivity index (χ3n) is 4.41. The molecule has 0 aliphatic carbocycles. The van der Waals surface area contributed by atoms with E-state index in [9.17, 15) is 4.79 Å². The summed E-state index contributed by atoms with van der Waals surface area (Å²) < 4.78 is 12.6. The molecule has 130 valence electrons. The van der Waals surface area contributed by atoms with Crippen molar-refractivity contribution >= 4 is 22.6 Å². The number of nitrogens with zero attached hydrogens (tertiary/aromatic N) is 3. The van der Waals surface area contributed by atoms with Gasteiger partial charge < -0.3 is 18.9 Å². The number of hydrogen-bond donors (Lipinski definition) is 0. The summed E-state index contributed by atoms with van der Waals surface area (Å²) >= 11 is 0. The molecule has 0 N–H and O–H groups in total. The quantitative estimate of drug-likeness (QED) is 0.732. The first-order valence-corrected chi connectivity index (χ1v) is 7.89. The number of imidazole rings is 1. The van der Waals surface area contributed by atoms with Gasteiger partial charge >= 0.3 is 0 Å². The maximum Gasteiger partial charge on any atom is 0.258 e. The fourth-order valence-electron chi connectivity index (χ4n) is 2.80. The molecule has 0 aliphatic heterocycles. The predicted molar refractivity (Wildman–Crippen MR) is 97.7 cm³/mol. The van der Waals surface area contributed by atoms with Gasteiger partial charge in [-0.2, -0.15) is 0 Å². The van der Waals surface area contributed by atoms with Gasteiger partial charge in [-0.25, -0.2) is 4.98 Å². The van der Waals surface area contributed by atoms with Crippen LogP contribution in [0.1, 0.15) is 16.2 Å². The van der Waals surface area contributed by atoms with E-state index < -0.39 is 0 Å². The van der Waals surface area contributed by atoms with E-state index in [0.717, 1.165) is 22.5 Å². The summed E-state index contributed by atoms with van der Waals surface area (Å²) in [5.74, 6) is 2.00. The monoisotopic (exact) mass is 339 g/mol. The van der Waals surface area contributed by atoms with E-state index in [4.69, 9.17) is 9.47 Å². The van der Waals surface area contributed by atoms with Crippen LogP contribution in [0.2, 0.25) is 0 Å². The van der Waals surface area contributed by atoms with E-state index in [2.05, 4.69) is 4.98 Å². The smallest absolute Gasteiger partial charge is 0.258 e. The lowest BCUT2D eigenvalue weighted by Crippen LogP contribution is -2.26. The summed E-state index contributed by atoms with van der Waals surface area (Å²) in [5.41, 5.74) is 3.12. The van der Waals surface area contributed by atoms with Crippen LogP contribution >= 0.6 is 0 Å². The van der Waals surface area contributed by atoms with Gasteiger partial charge in [0.1, 0.15) is 5.82 Å². The number of carbonyl (C=O) groups excluding carboxylic acids is 1. The van der Waals surface area contributed by atoms with Crippen molar-refractivity contribution in [3.05, 3.63) is 47.8 Å². The normalized spacial score (nSPS) is 10.8. The Morgan fingerprint density at radius 1 is 1.08 bits per heavy atom. The number of amides is 1.